The van der Waals surface area contributed by atoms with E-state index in [1.165, 1.54) is 13.2 Å². The standard InChI is InChI=1S/C16H24FNO2/c1-15(2,3)10-14(19)18-11-16(4,20-5)12-8-6-7-9-13(12)17/h6-9H,10-11H2,1-5H3,(H,18,19). The summed E-state index contributed by atoms with van der Waals surface area (Å²) in [7, 11) is 1.52. The van der Waals surface area contributed by atoms with Crippen molar-refractivity contribution in [2.45, 2.75) is 39.7 Å². The van der Waals surface area contributed by atoms with Gasteiger partial charge in [-0.05, 0) is 18.4 Å². The predicted octanol–water partition coefficient (Wildman–Crippen LogP) is 3.24. The van der Waals surface area contributed by atoms with E-state index >= 15 is 0 Å². The predicted molar refractivity (Wildman–Crippen MR) is 77.8 cm³/mol. The van der Waals surface area contributed by atoms with Crippen molar-refractivity contribution in [1.82, 2.24) is 5.32 Å². The van der Waals surface area contributed by atoms with Gasteiger partial charge in [0, 0.05) is 19.1 Å². The second kappa shape index (κ2) is 6.35. The molecule has 1 atom stereocenters. The Morgan fingerprint density at radius 1 is 1.25 bits per heavy atom. The van der Waals surface area contributed by atoms with Crippen LogP contribution in [0.5, 0.6) is 0 Å². The van der Waals surface area contributed by atoms with Crippen molar-refractivity contribution in [1.29, 1.82) is 0 Å². The largest absolute Gasteiger partial charge is 0.372 e. The third-order valence-corrected chi connectivity index (χ3v) is 3.21. The summed E-state index contributed by atoms with van der Waals surface area (Å²) in [5, 5.41) is 2.83. The number of hydrogen-bond donors (Lipinski definition) is 1. The van der Waals surface area contributed by atoms with Crippen molar-refractivity contribution in [2.24, 2.45) is 5.41 Å². The van der Waals surface area contributed by atoms with Crippen LogP contribution in [-0.4, -0.2) is 19.6 Å². The minimum atomic E-state index is -0.876. The van der Waals surface area contributed by atoms with Crippen LogP contribution in [-0.2, 0) is 15.1 Å². The van der Waals surface area contributed by atoms with Gasteiger partial charge in [-0.15, -0.1) is 0 Å². The minimum absolute atomic E-state index is 0.0582. The zero-order chi connectivity index (χ0) is 15.4. The summed E-state index contributed by atoms with van der Waals surface area (Å²) in [4.78, 5) is 11.9. The van der Waals surface area contributed by atoms with Gasteiger partial charge >= 0.3 is 0 Å². The summed E-state index contributed by atoms with van der Waals surface area (Å²) in [5.74, 6) is -0.390. The third-order valence-electron chi connectivity index (χ3n) is 3.21. The third kappa shape index (κ3) is 4.60. The highest BCUT2D eigenvalue weighted by Crippen LogP contribution is 2.26. The number of ether oxygens (including phenoxy) is 1. The van der Waals surface area contributed by atoms with Gasteiger partial charge in [-0.3, -0.25) is 4.79 Å². The fourth-order valence-corrected chi connectivity index (χ4v) is 1.98. The Balaban J connectivity index is 2.77. The molecule has 112 valence electrons. The van der Waals surface area contributed by atoms with Crippen LogP contribution < -0.4 is 5.32 Å². The Kier molecular flexibility index (Phi) is 5.28. The molecule has 0 aliphatic carbocycles. The maximum atomic E-state index is 13.9. The molecule has 0 saturated heterocycles. The lowest BCUT2D eigenvalue weighted by molar-refractivity contribution is -0.124. The number of methoxy groups -OCH3 is 1. The molecule has 0 aromatic heterocycles. The van der Waals surface area contributed by atoms with Gasteiger partial charge in [-0.2, -0.15) is 0 Å². The van der Waals surface area contributed by atoms with Crippen LogP contribution >= 0.6 is 0 Å². The molecule has 0 radical (unpaired) electrons. The highest BCUT2D eigenvalue weighted by atomic mass is 19.1. The lowest BCUT2D eigenvalue weighted by Crippen LogP contribution is -2.41. The Bertz CT molecular complexity index is 468. The number of carbonyl (C=O) groups excluding carboxylic acids is 1. The van der Waals surface area contributed by atoms with E-state index in [1.807, 2.05) is 20.8 Å². The van der Waals surface area contributed by atoms with Gasteiger partial charge < -0.3 is 10.1 Å². The zero-order valence-corrected chi connectivity index (χ0v) is 12.9. The fraction of sp³-hybridized carbons (Fsp3) is 0.562. The highest BCUT2D eigenvalue weighted by Gasteiger charge is 2.30. The van der Waals surface area contributed by atoms with E-state index in [1.54, 1.807) is 25.1 Å². The minimum Gasteiger partial charge on any atom is -0.372 e. The number of carbonyl (C=O) groups is 1. The normalized spacial score (nSPS) is 14.7. The molecule has 20 heavy (non-hydrogen) atoms. The average molecular weight is 281 g/mol. The number of amides is 1. The van der Waals surface area contributed by atoms with Crippen LogP contribution in [0.2, 0.25) is 0 Å². The Labute approximate surface area is 120 Å². The van der Waals surface area contributed by atoms with E-state index in [4.69, 9.17) is 4.74 Å². The molecule has 1 amide bonds. The van der Waals surface area contributed by atoms with Crippen LogP contribution in [0.15, 0.2) is 24.3 Å². The SMILES string of the molecule is COC(C)(CNC(=O)CC(C)(C)C)c1ccccc1F. The molecule has 0 saturated carbocycles. The first-order valence-corrected chi connectivity index (χ1v) is 6.75. The van der Waals surface area contributed by atoms with Crippen molar-refractivity contribution in [3.8, 4) is 0 Å². The monoisotopic (exact) mass is 281 g/mol. The van der Waals surface area contributed by atoms with E-state index in [0.717, 1.165) is 0 Å². The lowest BCUT2D eigenvalue weighted by Gasteiger charge is -2.30. The Morgan fingerprint density at radius 2 is 1.85 bits per heavy atom. The van der Waals surface area contributed by atoms with E-state index in [0.29, 0.717) is 12.0 Å². The van der Waals surface area contributed by atoms with E-state index in [9.17, 15) is 9.18 Å². The first kappa shape index (κ1) is 16.6. The van der Waals surface area contributed by atoms with Crippen molar-refractivity contribution in [2.75, 3.05) is 13.7 Å². The molecular formula is C16H24FNO2. The Hall–Kier alpha value is -1.42. The summed E-state index contributed by atoms with van der Waals surface area (Å²) in [6, 6.07) is 6.46. The quantitative estimate of drug-likeness (QED) is 0.899. The van der Waals surface area contributed by atoms with Gasteiger partial charge in [0.15, 0.2) is 0 Å². The molecule has 4 heteroatoms. The van der Waals surface area contributed by atoms with Crippen molar-refractivity contribution in [3.05, 3.63) is 35.6 Å². The summed E-state index contributed by atoms with van der Waals surface area (Å²) in [6.45, 7) is 8.00. The van der Waals surface area contributed by atoms with Gasteiger partial charge in [-0.1, -0.05) is 39.0 Å². The summed E-state index contributed by atoms with van der Waals surface area (Å²) >= 11 is 0. The van der Waals surface area contributed by atoms with Crippen LogP contribution in [0.4, 0.5) is 4.39 Å². The van der Waals surface area contributed by atoms with Crippen molar-refractivity contribution >= 4 is 5.91 Å². The molecule has 0 bridgehead atoms. The van der Waals surface area contributed by atoms with Gasteiger partial charge in [0.25, 0.3) is 0 Å². The van der Waals surface area contributed by atoms with Crippen LogP contribution in [0.1, 0.15) is 39.7 Å². The number of rotatable bonds is 5. The molecule has 0 heterocycles. The summed E-state index contributed by atoms with van der Waals surface area (Å²) in [5.41, 5.74) is -0.511. The molecule has 0 spiro atoms. The summed E-state index contributed by atoms with van der Waals surface area (Å²) in [6.07, 6.45) is 0.421. The molecule has 1 aromatic carbocycles. The van der Waals surface area contributed by atoms with Gasteiger partial charge in [0.1, 0.15) is 11.4 Å². The topological polar surface area (TPSA) is 38.3 Å². The van der Waals surface area contributed by atoms with Gasteiger partial charge in [-0.25, -0.2) is 4.39 Å². The number of benzene rings is 1. The molecule has 1 aromatic rings. The molecule has 1 unspecified atom stereocenters. The second-order valence-corrected chi connectivity index (χ2v) is 6.43. The number of hydrogen-bond acceptors (Lipinski definition) is 2. The first-order valence-electron chi connectivity index (χ1n) is 6.75. The molecule has 1 rings (SSSR count). The van der Waals surface area contributed by atoms with Crippen LogP contribution in [0.25, 0.3) is 0 Å². The summed E-state index contributed by atoms with van der Waals surface area (Å²) < 4.78 is 19.3. The zero-order valence-electron chi connectivity index (χ0n) is 12.9. The van der Waals surface area contributed by atoms with Crippen molar-refractivity contribution in [3.63, 3.8) is 0 Å². The molecule has 3 nitrogen and oxygen atoms in total. The molecule has 0 fully saturated rings. The fourth-order valence-electron chi connectivity index (χ4n) is 1.98. The molecule has 1 N–H and O–H groups in total. The number of halogens is 1. The van der Waals surface area contributed by atoms with E-state index in [-0.39, 0.29) is 23.7 Å². The average Bonchev–Trinajstić information content (AvgIpc) is 2.34. The van der Waals surface area contributed by atoms with Crippen LogP contribution in [0, 0.1) is 11.2 Å². The molecular weight excluding hydrogens is 257 g/mol. The maximum Gasteiger partial charge on any atom is 0.220 e. The van der Waals surface area contributed by atoms with E-state index in [2.05, 4.69) is 5.32 Å². The second-order valence-electron chi connectivity index (χ2n) is 6.43. The Morgan fingerprint density at radius 3 is 2.35 bits per heavy atom. The smallest absolute Gasteiger partial charge is 0.220 e. The number of nitrogens with one attached hydrogen (secondary N) is 1. The first-order chi connectivity index (χ1) is 9.18. The van der Waals surface area contributed by atoms with Crippen LogP contribution in [0.3, 0.4) is 0 Å². The van der Waals surface area contributed by atoms with Gasteiger partial charge in [0.2, 0.25) is 5.91 Å². The van der Waals surface area contributed by atoms with Gasteiger partial charge in [0.05, 0.1) is 6.54 Å². The molecule has 0 aliphatic heterocycles. The van der Waals surface area contributed by atoms with Crippen molar-refractivity contribution < 1.29 is 13.9 Å². The maximum absolute atomic E-state index is 13.9. The lowest BCUT2D eigenvalue weighted by atomic mass is 9.91. The molecule has 0 aliphatic rings. The highest BCUT2D eigenvalue weighted by molar-refractivity contribution is 5.76. The van der Waals surface area contributed by atoms with E-state index < -0.39 is 5.60 Å².